The van der Waals surface area contributed by atoms with Crippen LogP contribution in [0.2, 0.25) is 0 Å². The maximum Gasteiger partial charge on any atom is 0.424 e. The second-order valence-electron chi connectivity index (χ2n) is 9.25. The van der Waals surface area contributed by atoms with Crippen molar-refractivity contribution >= 4 is 29.2 Å². The van der Waals surface area contributed by atoms with Gasteiger partial charge in [-0.1, -0.05) is 0 Å². The average molecular weight is 424 g/mol. The van der Waals surface area contributed by atoms with Crippen molar-refractivity contribution in [3.63, 3.8) is 0 Å². The van der Waals surface area contributed by atoms with Gasteiger partial charge in [0.2, 0.25) is 0 Å². The van der Waals surface area contributed by atoms with Crippen molar-refractivity contribution in [1.82, 2.24) is 9.38 Å². The van der Waals surface area contributed by atoms with Gasteiger partial charge in [-0.15, -0.1) is 0 Å². The summed E-state index contributed by atoms with van der Waals surface area (Å²) in [7, 11) is 0. The number of fused-ring (bicyclic) bond motifs is 1. The molecule has 30 heavy (non-hydrogen) atoms. The van der Waals surface area contributed by atoms with Crippen molar-refractivity contribution in [2.24, 2.45) is 0 Å². The Morgan fingerprint density at radius 1 is 1.07 bits per heavy atom. The Balaban J connectivity index is 2.06. The largest absolute Gasteiger partial charge is 0.443 e. The molecule has 2 aromatic heterocycles. The predicted octanol–water partition coefficient (Wildman–Crippen LogP) is 4.47. The maximum atomic E-state index is 13.5. The van der Waals surface area contributed by atoms with Crippen LogP contribution in [0, 0.1) is 0 Å². The van der Waals surface area contributed by atoms with Gasteiger partial charge in [-0.3, -0.25) is 0 Å². The van der Waals surface area contributed by atoms with Crippen LogP contribution in [0.4, 0.5) is 29.7 Å². The van der Waals surface area contributed by atoms with E-state index in [0.717, 1.165) is 4.90 Å². The number of imide groups is 1. The highest BCUT2D eigenvalue weighted by Gasteiger charge is 2.45. The summed E-state index contributed by atoms with van der Waals surface area (Å²) in [5.74, 6) is -2.80. The Kier molecular flexibility index (Phi) is 5.16. The minimum atomic E-state index is -2.80. The lowest BCUT2D eigenvalue weighted by molar-refractivity contribution is -0.0261. The smallest absolute Gasteiger partial charge is 0.424 e. The Labute approximate surface area is 173 Å². The maximum absolute atomic E-state index is 13.5. The number of ether oxygens (including phenoxy) is 2. The van der Waals surface area contributed by atoms with Gasteiger partial charge < -0.3 is 18.8 Å². The lowest BCUT2D eigenvalue weighted by Crippen LogP contribution is -2.56. The molecule has 1 aliphatic heterocycles. The van der Waals surface area contributed by atoms with Crippen molar-refractivity contribution in [1.29, 1.82) is 0 Å². The quantitative estimate of drug-likeness (QED) is 0.708. The zero-order valence-electron chi connectivity index (χ0n) is 17.9. The Bertz CT molecular complexity index is 939. The van der Waals surface area contributed by atoms with Gasteiger partial charge in [0, 0.05) is 18.6 Å². The molecule has 0 aliphatic carbocycles. The number of pyridine rings is 1. The zero-order valence-corrected chi connectivity index (χ0v) is 17.9. The molecule has 0 radical (unpaired) electrons. The normalized spacial score (nSPS) is 16.2. The van der Waals surface area contributed by atoms with Gasteiger partial charge >= 0.3 is 12.2 Å². The molecule has 0 bridgehead atoms. The number of alkyl halides is 2. The first-order valence-corrected chi connectivity index (χ1v) is 9.51. The summed E-state index contributed by atoms with van der Waals surface area (Å²) in [5.41, 5.74) is -0.796. The van der Waals surface area contributed by atoms with Crippen LogP contribution in [0.3, 0.4) is 0 Å². The molecule has 1 saturated heterocycles. The first-order chi connectivity index (χ1) is 13.7. The number of hydrogen-bond donors (Lipinski definition) is 0. The molecule has 1 fully saturated rings. The van der Waals surface area contributed by atoms with E-state index < -0.39 is 42.4 Å². The third-order valence-electron chi connectivity index (χ3n) is 4.05. The number of hydrogen-bond acceptors (Lipinski definition) is 6. The molecule has 10 heteroatoms. The second-order valence-corrected chi connectivity index (χ2v) is 9.25. The van der Waals surface area contributed by atoms with Gasteiger partial charge in [-0.2, -0.15) is 4.90 Å². The molecular formula is C20H26F2N4O4. The fourth-order valence-electron chi connectivity index (χ4n) is 2.94. The van der Waals surface area contributed by atoms with Crippen LogP contribution in [0.15, 0.2) is 24.7 Å². The molecule has 0 atom stereocenters. The van der Waals surface area contributed by atoms with Crippen LogP contribution in [-0.4, -0.2) is 51.8 Å². The molecular weight excluding hydrogens is 398 g/mol. The molecule has 3 rings (SSSR count). The Morgan fingerprint density at radius 2 is 1.60 bits per heavy atom. The van der Waals surface area contributed by atoms with Crippen LogP contribution in [-0.2, 0) is 9.47 Å². The van der Waals surface area contributed by atoms with E-state index in [9.17, 15) is 18.4 Å². The van der Waals surface area contributed by atoms with E-state index in [1.807, 2.05) is 0 Å². The standard InChI is InChI=1S/C20H26F2N4O4/c1-18(2,3)29-16(27)26(17(28)30-19(4,5)6)13-9-14(25-11-20(21,22)12-25)15-23-7-8-24(15)10-13/h7-10H,11-12H2,1-6H3. The summed E-state index contributed by atoms with van der Waals surface area (Å²) in [6.07, 6.45) is 2.73. The monoisotopic (exact) mass is 424 g/mol. The van der Waals surface area contributed by atoms with Gasteiger partial charge in [-0.25, -0.2) is 23.4 Å². The first kappa shape index (κ1) is 21.8. The summed E-state index contributed by atoms with van der Waals surface area (Å²) < 4.78 is 39.2. The number of amides is 2. The van der Waals surface area contributed by atoms with E-state index in [4.69, 9.17) is 9.47 Å². The second kappa shape index (κ2) is 7.10. The van der Waals surface area contributed by atoms with E-state index in [2.05, 4.69) is 4.98 Å². The third-order valence-corrected chi connectivity index (χ3v) is 4.05. The molecule has 8 nitrogen and oxygen atoms in total. The number of imidazole rings is 1. The van der Waals surface area contributed by atoms with Crippen LogP contribution < -0.4 is 9.80 Å². The molecule has 0 spiro atoms. The minimum absolute atomic E-state index is 0.120. The summed E-state index contributed by atoms with van der Waals surface area (Å²) >= 11 is 0. The van der Waals surface area contributed by atoms with E-state index in [1.165, 1.54) is 23.4 Å². The number of rotatable bonds is 2. The number of halogens is 2. The van der Waals surface area contributed by atoms with Gasteiger partial charge in [-0.05, 0) is 47.6 Å². The average Bonchev–Trinajstić information content (AvgIpc) is 2.96. The first-order valence-electron chi connectivity index (χ1n) is 9.51. The van der Waals surface area contributed by atoms with Crippen molar-refractivity contribution in [3.05, 3.63) is 24.7 Å². The number of nitrogens with zero attached hydrogens (tertiary/aromatic N) is 4. The third kappa shape index (κ3) is 4.80. The van der Waals surface area contributed by atoms with Crippen molar-refractivity contribution in [2.45, 2.75) is 58.7 Å². The molecule has 0 aromatic carbocycles. The van der Waals surface area contributed by atoms with Crippen LogP contribution >= 0.6 is 0 Å². The number of carbonyl (C=O) groups is 2. The van der Waals surface area contributed by atoms with Crippen molar-refractivity contribution in [2.75, 3.05) is 22.9 Å². The SMILES string of the molecule is CC(C)(C)OC(=O)N(C(=O)OC(C)(C)C)c1cc(N2CC(F)(F)C2)c2nccn2c1. The number of aromatic nitrogens is 2. The number of carbonyl (C=O) groups excluding carboxylic acids is 2. The molecule has 2 aromatic rings. The molecule has 0 saturated carbocycles. The lowest BCUT2D eigenvalue weighted by atomic mass is 10.1. The summed E-state index contributed by atoms with van der Waals surface area (Å²) in [6, 6.07) is 1.46. The molecule has 3 heterocycles. The lowest BCUT2D eigenvalue weighted by Gasteiger charge is -2.40. The molecule has 1 aliphatic rings. The molecule has 0 N–H and O–H groups in total. The van der Waals surface area contributed by atoms with E-state index in [1.54, 1.807) is 52.1 Å². The summed E-state index contributed by atoms with van der Waals surface area (Å²) in [4.78, 5) is 32.2. The zero-order chi connectivity index (χ0) is 22.5. The van der Waals surface area contributed by atoms with Crippen LogP contribution in [0.5, 0.6) is 0 Å². The van der Waals surface area contributed by atoms with E-state index in [-0.39, 0.29) is 5.69 Å². The van der Waals surface area contributed by atoms with E-state index >= 15 is 0 Å². The Hall–Kier alpha value is -2.91. The highest BCUT2D eigenvalue weighted by atomic mass is 19.3. The van der Waals surface area contributed by atoms with Crippen molar-refractivity contribution in [3.8, 4) is 0 Å². The Morgan fingerprint density at radius 3 is 2.07 bits per heavy atom. The summed E-state index contributed by atoms with van der Waals surface area (Å²) in [6.45, 7) is 9.08. The fraction of sp³-hybridized carbons (Fsp3) is 0.550. The topological polar surface area (TPSA) is 76.4 Å². The summed E-state index contributed by atoms with van der Waals surface area (Å²) in [5, 5.41) is 0. The minimum Gasteiger partial charge on any atom is -0.443 e. The van der Waals surface area contributed by atoms with Gasteiger partial charge in [0.15, 0.2) is 5.65 Å². The van der Waals surface area contributed by atoms with Gasteiger partial charge in [0.05, 0.1) is 24.5 Å². The highest BCUT2D eigenvalue weighted by molar-refractivity contribution is 6.10. The predicted molar refractivity (Wildman–Crippen MR) is 107 cm³/mol. The van der Waals surface area contributed by atoms with Crippen LogP contribution in [0.25, 0.3) is 5.65 Å². The highest BCUT2D eigenvalue weighted by Crippen LogP contribution is 2.36. The van der Waals surface area contributed by atoms with Gasteiger partial charge in [0.1, 0.15) is 11.2 Å². The number of anilines is 2. The van der Waals surface area contributed by atoms with E-state index in [0.29, 0.717) is 11.3 Å². The molecule has 164 valence electrons. The van der Waals surface area contributed by atoms with Crippen molar-refractivity contribution < 1.29 is 27.8 Å². The van der Waals surface area contributed by atoms with Crippen LogP contribution in [0.1, 0.15) is 41.5 Å². The molecule has 2 amide bonds. The molecule has 0 unspecified atom stereocenters. The fourth-order valence-corrected chi connectivity index (χ4v) is 2.94. The van der Waals surface area contributed by atoms with Gasteiger partial charge in [0.25, 0.3) is 5.92 Å².